The number of methoxy groups -OCH3 is 1. The molecule has 4 rings (SSSR count). The summed E-state index contributed by atoms with van der Waals surface area (Å²) in [5, 5.41) is 11.3. The average Bonchev–Trinajstić information content (AvgIpc) is 3.64. The van der Waals surface area contributed by atoms with E-state index in [0.29, 0.717) is 25.0 Å². The summed E-state index contributed by atoms with van der Waals surface area (Å²) in [6.07, 6.45) is 4.78. The van der Waals surface area contributed by atoms with Crippen LogP contribution >= 0.6 is 0 Å². The normalized spacial score (nSPS) is 18.3. The van der Waals surface area contributed by atoms with Crippen LogP contribution in [0.3, 0.4) is 0 Å². The monoisotopic (exact) mass is 453 g/mol. The quantitative estimate of drug-likeness (QED) is 0.644. The first-order valence-electron chi connectivity index (χ1n) is 11.8. The van der Waals surface area contributed by atoms with Gasteiger partial charge in [0.15, 0.2) is 0 Å². The molecule has 1 unspecified atom stereocenters. The maximum absolute atomic E-state index is 12.4. The van der Waals surface area contributed by atoms with Crippen LogP contribution in [0.15, 0.2) is 42.6 Å². The summed E-state index contributed by atoms with van der Waals surface area (Å²) in [7, 11) is 1.60. The zero-order valence-corrected chi connectivity index (χ0v) is 20.0. The van der Waals surface area contributed by atoms with E-state index in [1.54, 1.807) is 18.2 Å². The van der Waals surface area contributed by atoms with Crippen molar-refractivity contribution in [1.82, 2.24) is 14.8 Å². The maximum atomic E-state index is 12.4. The molecule has 1 saturated heterocycles. The van der Waals surface area contributed by atoms with Gasteiger partial charge in [-0.15, -0.1) is 0 Å². The standard InChI is InChI=1S/C26H35N3O4/c1-26(2,3)33-25(31)28-15-13-22(14-16-28)29(21-10-11-21)24(30)19-7-5-18(6-8-19)20-9-12-23(32-4)27-17-20/h5-9,12,17,21-22,24,30H,10-11,13-16H2,1-4H3. The fourth-order valence-electron chi connectivity index (χ4n) is 4.43. The van der Waals surface area contributed by atoms with Crippen LogP contribution in [0.25, 0.3) is 11.1 Å². The molecule has 1 aromatic carbocycles. The van der Waals surface area contributed by atoms with Crippen LogP contribution in [0.2, 0.25) is 0 Å². The molecule has 1 N–H and O–H groups in total. The van der Waals surface area contributed by atoms with Crippen molar-refractivity contribution in [2.24, 2.45) is 0 Å². The van der Waals surface area contributed by atoms with Gasteiger partial charge in [-0.25, -0.2) is 9.78 Å². The van der Waals surface area contributed by atoms with Crippen LogP contribution < -0.4 is 4.74 Å². The van der Waals surface area contributed by atoms with E-state index in [1.165, 1.54) is 0 Å². The summed E-state index contributed by atoms with van der Waals surface area (Å²) in [4.78, 5) is 20.7. The number of pyridine rings is 1. The molecular weight excluding hydrogens is 418 g/mol. The average molecular weight is 454 g/mol. The van der Waals surface area contributed by atoms with E-state index in [9.17, 15) is 9.90 Å². The van der Waals surface area contributed by atoms with Gasteiger partial charge in [0.05, 0.1) is 7.11 Å². The zero-order valence-electron chi connectivity index (χ0n) is 20.0. The van der Waals surface area contributed by atoms with Crippen LogP contribution in [-0.4, -0.2) is 63.9 Å². The summed E-state index contributed by atoms with van der Waals surface area (Å²) < 4.78 is 10.7. The van der Waals surface area contributed by atoms with Crippen molar-refractivity contribution in [1.29, 1.82) is 0 Å². The number of nitrogens with zero attached hydrogens (tertiary/aromatic N) is 3. The second kappa shape index (κ2) is 9.69. The summed E-state index contributed by atoms with van der Waals surface area (Å²) in [6.45, 7) is 6.97. The molecule has 2 heterocycles. The first kappa shape index (κ1) is 23.5. The van der Waals surface area contributed by atoms with Crippen LogP contribution in [0, 0.1) is 0 Å². The van der Waals surface area contributed by atoms with Crippen molar-refractivity contribution in [3.63, 3.8) is 0 Å². The molecule has 2 aromatic rings. The lowest BCUT2D eigenvalue weighted by Gasteiger charge is -2.41. The minimum Gasteiger partial charge on any atom is -0.481 e. The van der Waals surface area contributed by atoms with Crippen molar-refractivity contribution in [3.05, 3.63) is 48.2 Å². The SMILES string of the molecule is COc1ccc(-c2ccc(C(O)N(C3CC3)C3CCN(C(=O)OC(C)(C)C)CC3)cc2)cn1. The van der Waals surface area contributed by atoms with E-state index in [4.69, 9.17) is 9.47 Å². The molecule has 0 bridgehead atoms. The molecule has 7 nitrogen and oxygen atoms in total. The third-order valence-electron chi connectivity index (χ3n) is 6.28. The van der Waals surface area contributed by atoms with Crippen molar-refractivity contribution >= 4 is 6.09 Å². The predicted molar refractivity (Wildman–Crippen MR) is 127 cm³/mol. The summed E-state index contributed by atoms with van der Waals surface area (Å²) in [5.74, 6) is 0.587. The van der Waals surface area contributed by atoms with Gasteiger partial charge in [-0.3, -0.25) is 4.90 Å². The number of rotatable bonds is 6. The number of carbonyl (C=O) groups excluding carboxylic acids is 1. The smallest absolute Gasteiger partial charge is 0.410 e. The highest BCUT2D eigenvalue weighted by Gasteiger charge is 2.40. The Morgan fingerprint density at radius 1 is 1.03 bits per heavy atom. The molecule has 1 atom stereocenters. The Hall–Kier alpha value is -2.64. The predicted octanol–water partition coefficient (Wildman–Crippen LogP) is 4.61. The maximum Gasteiger partial charge on any atom is 0.410 e. The van der Waals surface area contributed by atoms with Crippen LogP contribution in [0.1, 0.15) is 58.2 Å². The highest BCUT2D eigenvalue weighted by atomic mass is 16.6. The molecule has 0 spiro atoms. The molecule has 2 aliphatic rings. The molecule has 2 fully saturated rings. The van der Waals surface area contributed by atoms with Gasteiger partial charge in [0.25, 0.3) is 0 Å². The van der Waals surface area contributed by atoms with Gasteiger partial charge in [0.2, 0.25) is 5.88 Å². The Morgan fingerprint density at radius 2 is 1.64 bits per heavy atom. The minimum absolute atomic E-state index is 0.247. The number of likely N-dealkylation sites (tertiary alicyclic amines) is 1. The zero-order chi connectivity index (χ0) is 23.6. The fraction of sp³-hybridized carbons (Fsp3) is 0.538. The Labute approximate surface area is 196 Å². The van der Waals surface area contributed by atoms with Gasteiger partial charge in [0.1, 0.15) is 11.8 Å². The van der Waals surface area contributed by atoms with E-state index in [0.717, 1.165) is 42.4 Å². The summed E-state index contributed by atoms with van der Waals surface area (Å²) in [5.41, 5.74) is 2.45. The van der Waals surface area contributed by atoms with Gasteiger partial charge in [-0.1, -0.05) is 24.3 Å². The number of carbonyl (C=O) groups is 1. The van der Waals surface area contributed by atoms with Gasteiger partial charge >= 0.3 is 6.09 Å². The van der Waals surface area contributed by atoms with Gasteiger partial charge < -0.3 is 19.5 Å². The van der Waals surface area contributed by atoms with Crippen LogP contribution in [0.5, 0.6) is 5.88 Å². The third kappa shape index (κ3) is 5.84. The fourth-order valence-corrected chi connectivity index (χ4v) is 4.43. The highest BCUT2D eigenvalue weighted by Crippen LogP contribution is 2.38. The number of aliphatic hydroxyl groups excluding tert-OH is 1. The first-order chi connectivity index (χ1) is 15.7. The number of piperidine rings is 1. The molecule has 1 amide bonds. The lowest BCUT2D eigenvalue weighted by molar-refractivity contribution is -0.0516. The van der Waals surface area contributed by atoms with Crippen LogP contribution in [0.4, 0.5) is 4.79 Å². The number of amides is 1. The van der Waals surface area contributed by atoms with Crippen molar-refractivity contribution in [3.8, 4) is 17.0 Å². The van der Waals surface area contributed by atoms with E-state index >= 15 is 0 Å². The molecule has 1 saturated carbocycles. The number of aromatic nitrogens is 1. The van der Waals surface area contributed by atoms with Crippen LogP contribution in [-0.2, 0) is 4.74 Å². The Bertz CT molecular complexity index is 928. The number of ether oxygens (including phenoxy) is 2. The number of benzene rings is 1. The van der Waals surface area contributed by atoms with E-state index in [1.807, 2.05) is 57.2 Å². The van der Waals surface area contributed by atoms with Gasteiger partial charge in [0, 0.05) is 43.0 Å². The molecule has 1 aliphatic carbocycles. The third-order valence-corrected chi connectivity index (χ3v) is 6.28. The summed E-state index contributed by atoms with van der Waals surface area (Å²) >= 11 is 0. The van der Waals surface area contributed by atoms with E-state index < -0.39 is 11.8 Å². The molecular formula is C26H35N3O4. The Balaban J connectivity index is 1.40. The Morgan fingerprint density at radius 3 is 2.15 bits per heavy atom. The molecule has 33 heavy (non-hydrogen) atoms. The minimum atomic E-state index is -0.654. The molecule has 1 aromatic heterocycles. The molecule has 178 valence electrons. The van der Waals surface area contributed by atoms with E-state index in [2.05, 4.69) is 9.88 Å². The van der Waals surface area contributed by atoms with E-state index in [-0.39, 0.29) is 12.1 Å². The number of hydrogen-bond acceptors (Lipinski definition) is 6. The second-order valence-electron chi connectivity index (χ2n) is 9.96. The topological polar surface area (TPSA) is 75.1 Å². The van der Waals surface area contributed by atoms with Crippen molar-refractivity contribution < 1.29 is 19.4 Å². The first-order valence-corrected chi connectivity index (χ1v) is 11.8. The largest absolute Gasteiger partial charge is 0.481 e. The highest BCUT2D eigenvalue weighted by molar-refractivity contribution is 5.68. The lowest BCUT2D eigenvalue weighted by atomic mass is 10.00. The number of aliphatic hydroxyl groups is 1. The molecule has 1 aliphatic heterocycles. The number of hydrogen-bond donors (Lipinski definition) is 1. The van der Waals surface area contributed by atoms with Crippen molar-refractivity contribution in [2.75, 3.05) is 20.2 Å². The van der Waals surface area contributed by atoms with Crippen molar-refractivity contribution in [2.45, 2.75) is 70.4 Å². The second-order valence-corrected chi connectivity index (χ2v) is 9.96. The molecule has 7 heteroatoms. The lowest BCUT2D eigenvalue weighted by Crippen LogP contribution is -2.49. The Kier molecular flexibility index (Phi) is 6.91. The molecule has 0 radical (unpaired) electrons. The van der Waals surface area contributed by atoms with Gasteiger partial charge in [-0.05, 0) is 63.6 Å². The summed E-state index contributed by atoms with van der Waals surface area (Å²) in [6, 6.07) is 12.5. The van der Waals surface area contributed by atoms with Gasteiger partial charge in [-0.2, -0.15) is 0 Å².